The smallest absolute Gasteiger partial charge is 0.410 e. The molecule has 0 heterocycles. The lowest BCUT2D eigenvalue weighted by molar-refractivity contribution is -0.145. The number of rotatable bonds is 5. The Kier molecular flexibility index (Phi) is 6.58. The number of nitrogens with two attached hydrogens (primary N) is 1. The number of esters is 1. The Balaban J connectivity index is 2.53. The number of ether oxygens (including phenoxy) is 2. The van der Waals surface area contributed by atoms with Crippen molar-refractivity contribution in [1.82, 2.24) is 5.32 Å². The van der Waals surface area contributed by atoms with E-state index in [4.69, 9.17) is 15.2 Å². The van der Waals surface area contributed by atoms with Crippen LogP contribution in [0.3, 0.4) is 0 Å². The van der Waals surface area contributed by atoms with Crippen molar-refractivity contribution in [2.45, 2.75) is 39.2 Å². The van der Waals surface area contributed by atoms with Gasteiger partial charge in [-0.1, -0.05) is 12.1 Å². The molecule has 0 bridgehead atoms. The van der Waals surface area contributed by atoms with E-state index < -0.39 is 29.6 Å². The molecule has 0 aliphatic carbocycles. The largest absolute Gasteiger partial charge is 0.444 e. The van der Waals surface area contributed by atoms with Crippen molar-refractivity contribution in [2.24, 2.45) is 5.73 Å². The lowest BCUT2D eigenvalue weighted by atomic mass is 10.0. The number of hydrogen-bond acceptors (Lipinski definition) is 5. The quantitative estimate of drug-likeness (QED) is 0.562. The molecule has 0 aliphatic rings. The van der Waals surface area contributed by atoms with E-state index in [2.05, 4.69) is 10.6 Å². The molecule has 24 heavy (non-hydrogen) atoms. The van der Waals surface area contributed by atoms with Crippen LogP contribution in [0.15, 0.2) is 24.3 Å². The number of hydrogen-bond donors (Lipinski definition) is 3. The summed E-state index contributed by atoms with van der Waals surface area (Å²) in [6.07, 6.45) is -0.671. The second kappa shape index (κ2) is 8.19. The van der Waals surface area contributed by atoms with Crippen LogP contribution in [0.25, 0.3) is 0 Å². The summed E-state index contributed by atoms with van der Waals surface area (Å²) >= 11 is 0. The number of primary amides is 1. The lowest BCUT2D eigenvalue weighted by Gasteiger charge is -2.20. The van der Waals surface area contributed by atoms with E-state index in [0.717, 1.165) is 0 Å². The first-order chi connectivity index (χ1) is 11.1. The van der Waals surface area contributed by atoms with Gasteiger partial charge in [0.2, 0.25) is 0 Å². The number of amides is 3. The second-order valence-corrected chi connectivity index (χ2v) is 6.12. The molecule has 4 N–H and O–H groups in total. The lowest BCUT2D eigenvalue weighted by Crippen LogP contribution is -2.34. The van der Waals surface area contributed by atoms with Gasteiger partial charge in [0.1, 0.15) is 5.60 Å². The number of carbonyl (C=O) groups is 3. The SMILES string of the molecule is C[C@H](C(=O)OCNC(=O)OC(C)(C)C)c1cccc(NC(N)=O)c1. The normalized spacial score (nSPS) is 12.0. The van der Waals surface area contributed by atoms with Crippen LogP contribution < -0.4 is 16.4 Å². The van der Waals surface area contributed by atoms with Gasteiger partial charge >= 0.3 is 18.1 Å². The van der Waals surface area contributed by atoms with E-state index in [9.17, 15) is 14.4 Å². The van der Waals surface area contributed by atoms with Gasteiger partial charge in [0.05, 0.1) is 5.92 Å². The van der Waals surface area contributed by atoms with Gasteiger partial charge in [-0.15, -0.1) is 0 Å². The molecule has 8 nitrogen and oxygen atoms in total. The fourth-order valence-corrected chi connectivity index (χ4v) is 1.77. The van der Waals surface area contributed by atoms with Crippen LogP contribution in [0.2, 0.25) is 0 Å². The number of alkyl carbamates (subject to hydrolysis) is 1. The van der Waals surface area contributed by atoms with Crippen molar-refractivity contribution in [1.29, 1.82) is 0 Å². The summed E-state index contributed by atoms with van der Waals surface area (Å²) in [4.78, 5) is 34.3. The van der Waals surface area contributed by atoms with E-state index >= 15 is 0 Å². The maximum Gasteiger partial charge on any atom is 0.410 e. The molecule has 0 fully saturated rings. The van der Waals surface area contributed by atoms with Gasteiger partial charge in [-0.2, -0.15) is 0 Å². The summed E-state index contributed by atoms with van der Waals surface area (Å²) < 4.78 is 10.0. The minimum Gasteiger partial charge on any atom is -0.444 e. The van der Waals surface area contributed by atoms with E-state index in [0.29, 0.717) is 11.3 Å². The third kappa shape index (κ3) is 6.99. The summed E-state index contributed by atoms with van der Waals surface area (Å²) in [5.74, 6) is -1.11. The molecule has 0 aliphatic heterocycles. The summed E-state index contributed by atoms with van der Waals surface area (Å²) in [5.41, 5.74) is 5.55. The molecule has 8 heteroatoms. The van der Waals surface area contributed by atoms with Crippen LogP contribution in [0.1, 0.15) is 39.2 Å². The standard InChI is InChI=1S/C16H23N3O5/c1-10(11-6-5-7-12(8-11)19-14(17)21)13(20)23-9-18-15(22)24-16(2,3)4/h5-8,10H,9H2,1-4H3,(H,18,22)(H3,17,19,21)/t10-/m0/s1. The van der Waals surface area contributed by atoms with Crippen molar-refractivity contribution >= 4 is 23.8 Å². The first-order valence-electron chi connectivity index (χ1n) is 7.38. The Bertz CT molecular complexity index is 610. The predicted molar refractivity (Wildman–Crippen MR) is 88.4 cm³/mol. The second-order valence-electron chi connectivity index (χ2n) is 6.12. The average molecular weight is 337 g/mol. The van der Waals surface area contributed by atoms with Crippen molar-refractivity contribution in [3.8, 4) is 0 Å². The van der Waals surface area contributed by atoms with Crippen molar-refractivity contribution in [3.63, 3.8) is 0 Å². The van der Waals surface area contributed by atoms with Gasteiger partial charge in [0, 0.05) is 5.69 Å². The van der Waals surface area contributed by atoms with Gasteiger partial charge in [0.25, 0.3) is 0 Å². The van der Waals surface area contributed by atoms with Crippen LogP contribution in [0.4, 0.5) is 15.3 Å². The molecule has 1 rings (SSSR count). The van der Waals surface area contributed by atoms with Crippen LogP contribution >= 0.6 is 0 Å². The molecule has 1 aromatic carbocycles. The molecule has 3 amide bonds. The zero-order chi connectivity index (χ0) is 18.3. The molecule has 0 unspecified atom stereocenters. The predicted octanol–water partition coefficient (Wildman–Crippen LogP) is 2.31. The molecule has 0 aromatic heterocycles. The summed E-state index contributed by atoms with van der Waals surface area (Å²) in [5, 5.41) is 4.77. The Hall–Kier alpha value is -2.77. The highest BCUT2D eigenvalue weighted by Gasteiger charge is 2.19. The first-order valence-corrected chi connectivity index (χ1v) is 7.38. The minimum atomic E-state index is -0.691. The fraction of sp³-hybridized carbons (Fsp3) is 0.438. The summed E-state index contributed by atoms with van der Waals surface area (Å²) in [6.45, 7) is 6.55. The Morgan fingerprint density at radius 2 is 1.92 bits per heavy atom. The van der Waals surface area contributed by atoms with Crippen LogP contribution in [0, 0.1) is 0 Å². The summed E-state index contributed by atoms with van der Waals surface area (Å²) in [7, 11) is 0. The number of anilines is 1. The fourth-order valence-electron chi connectivity index (χ4n) is 1.77. The van der Waals surface area contributed by atoms with Crippen LogP contribution in [-0.4, -0.2) is 30.4 Å². The number of benzene rings is 1. The maximum absolute atomic E-state index is 12.0. The molecule has 1 atom stereocenters. The van der Waals surface area contributed by atoms with Crippen LogP contribution in [0.5, 0.6) is 0 Å². The number of urea groups is 1. The van der Waals surface area contributed by atoms with Crippen molar-refractivity contribution in [3.05, 3.63) is 29.8 Å². The molecular weight excluding hydrogens is 314 g/mol. The van der Waals surface area contributed by atoms with Gasteiger partial charge in [0.15, 0.2) is 6.73 Å². The molecule has 0 spiro atoms. The monoisotopic (exact) mass is 337 g/mol. The van der Waals surface area contributed by atoms with Gasteiger partial charge in [-0.25, -0.2) is 9.59 Å². The highest BCUT2D eigenvalue weighted by molar-refractivity contribution is 5.88. The molecule has 1 aromatic rings. The average Bonchev–Trinajstić information content (AvgIpc) is 2.44. The molecular formula is C16H23N3O5. The topological polar surface area (TPSA) is 120 Å². The van der Waals surface area contributed by atoms with Crippen molar-refractivity contribution < 1.29 is 23.9 Å². The zero-order valence-corrected chi connectivity index (χ0v) is 14.2. The molecule has 0 saturated carbocycles. The molecule has 0 radical (unpaired) electrons. The van der Waals surface area contributed by atoms with E-state index in [-0.39, 0.29) is 6.73 Å². The third-order valence-electron chi connectivity index (χ3n) is 2.84. The third-order valence-corrected chi connectivity index (χ3v) is 2.84. The summed E-state index contributed by atoms with van der Waals surface area (Å²) in [6, 6.07) is 5.99. The van der Waals surface area contributed by atoms with Gasteiger partial charge < -0.3 is 20.5 Å². The van der Waals surface area contributed by atoms with Gasteiger partial charge in [-0.3, -0.25) is 10.1 Å². The Morgan fingerprint density at radius 1 is 1.25 bits per heavy atom. The van der Waals surface area contributed by atoms with E-state index in [1.54, 1.807) is 52.0 Å². The molecule has 132 valence electrons. The maximum atomic E-state index is 12.0. The van der Waals surface area contributed by atoms with E-state index in [1.807, 2.05) is 0 Å². The highest BCUT2D eigenvalue weighted by atomic mass is 16.6. The minimum absolute atomic E-state index is 0.294. The Labute approximate surface area is 140 Å². The van der Waals surface area contributed by atoms with Crippen LogP contribution in [-0.2, 0) is 14.3 Å². The van der Waals surface area contributed by atoms with Crippen molar-refractivity contribution in [2.75, 3.05) is 12.0 Å². The molecule has 0 saturated heterocycles. The first kappa shape index (κ1) is 19.3. The Morgan fingerprint density at radius 3 is 2.50 bits per heavy atom. The van der Waals surface area contributed by atoms with Gasteiger partial charge in [-0.05, 0) is 45.4 Å². The number of carbonyl (C=O) groups excluding carboxylic acids is 3. The number of nitrogens with one attached hydrogen (secondary N) is 2. The highest BCUT2D eigenvalue weighted by Crippen LogP contribution is 2.20. The zero-order valence-electron chi connectivity index (χ0n) is 14.2. The van der Waals surface area contributed by atoms with E-state index in [1.165, 1.54) is 0 Å².